The minimum absolute atomic E-state index is 0.0327. The third-order valence-electron chi connectivity index (χ3n) is 16.8. The van der Waals surface area contributed by atoms with Gasteiger partial charge in [-0.25, -0.2) is 4.79 Å². The van der Waals surface area contributed by atoms with Crippen LogP contribution in [0.2, 0.25) is 0 Å². The van der Waals surface area contributed by atoms with Crippen LogP contribution < -0.4 is 16.4 Å². The van der Waals surface area contributed by atoms with E-state index in [1.54, 1.807) is 10.5 Å². The van der Waals surface area contributed by atoms with Crippen molar-refractivity contribution in [3.63, 3.8) is 0 Å². The van der Waals surface area contributed by atoms with Gasteiger partial charge in [0.25, 0.3) is 0 Å². The second-order valence-corrected chi connectivity index (χ2v) is 21.8. The Bertz CT molecular complexity index is 1340. The zero-order chi connectivity index (χ0) is 44.8. The van der Waals surface area contributed by atoms with Crippen molar-refractivity contribution in [2.45, 2.75) is 234 Å². The maximum absolute atomic E-state index is 13.3. The van der Waals surface area contributed by atoms with Gasteiger partial charge < -0.3 is 26.0 Å². The molecule has 3 saturated carbocycles. The second kappa shape index (κ2) is 28.1. The number of hydrogen-bond acceptors (Lipinski definition) is 5. The molecule has 0 aromatic carbocycles. The Balaban J connectivity index is 1.13. The van der Waals surface area contributed by atoms with Gasteiger partial charge in [-0.1, -0.05) is 150 Å². The number of amides is 3. The fraction of sp³-hybridized carbons (Fsp3) is 0.907. The van der Waals surface area contributed by atoms with E-state index < -0.39 is 0 Å². The number of alkyl carbamates (subject to hydrolysis) is 1. The molecule has 0 saturated heterocycles. The molecule has 4 rings (SSSR count). The van der Waals surface area contributed by atoms with Crippen LogP contribution in [0.5, 0.6) is 0 Å². The predicted octanol–water partition coefficient (Wildman–Crippen LogP) is 13.1. The molecule has 3 amide bonds. The van der Waals surface area contributed by atoms with Crippen LogP contribution in [0.1, 0.15) is 228 Å². The summed E-state index contributed by atoms with van der Waals surface area (Å²) in [7, 11) is 0. The normalized spacial score (nSPS) is 27.2. The quantitative estimate of drug-likeness (QED) is 0.0474. The molecule has 8 nitrogen and oxygen atoms in total. The second-order valence-electron chi connectivity index (χ2n) is 21.8. The lowest BCUT2D eigenvalue weighted by Crippen LogP contribution is -2.51. The molecule has 0 spiro atoms. The summed E-state index contributed by atoms with van der Waals surface area (Å²) >= 11 is 0. The summed E-state index contributed by atoms with van der Waals surface area (Å²) in [5.41, 5.74) is 7.94. The fourth-order valence-electron chi connectivity index (χ4n) is 13.0. The number of rotatable bonds is 31. The van der Waals surface area contributed by atoms with Crippen molar-refractivity contribution in [2.75, 3.05) is 32.7 Å². The Morgan fingerprint density at radius 1 is 0.758 bits per heavy atom. The van der Waals surface area contributed by atoms with Crippen LogP contribution in [0.3, 0.4) is 0 Å². The summed E-state index contributed by atoms with van der Waals surface area (Å²) in [6.07, 6.45) is 35.5. The van der Waals surface area contributed by atoms with E-state index >= 15 is 0 Å². The molecule has 62 heavy (non-hydrogen) atoms. The third kappa shape index (κ3) is 16.4. The number of ether oxygens (including phenoxy) is 1. The number of fused-ring (bicyclic) bond motifs is 5. The number of unbranched alkanes of at least 4 members (excludes halogenated alkanes) is 14. The van der Waals surface area contributed by atoms with Crippen LogP contribution in [-0.2, 0) is 14.3 Å². The number of allylic oxidation sites excluding steroid dienone is 1. The van der Waals surface area contributed by atoms with Crippen LogP contribution >= 0.6 is 0 Å². The molecular formula is C54H98N4O4. The van der Waals surface area contributed by atoms with Gasteiger partial charge in [0.05, 0.1) is 6.54 Å². The van der Waals surface area contributed by atoms with E-state index in [2.05, 4.69) is 58.3 Å². The average molecular weight is 867 g/mol. The highest BCUT2D eigenvalue weighted by Gasteiger charge is 2.59. The van der Waals surface area contributed by atoms with Crippen molar-refractivity contribution in [3.05, 3.63) is 11.6 Å². The molecule has 3 fully saturated rings. The first-order valence-corrected chi connectivity index (χ1v) is 26.8. The lowest BCUT2D eigenvalue weighted by atomic mass is 9.47. The Labute approximate surface area is 381 Å². The van der Waals surface area contributed by atoms with E-state index in [1.165, 1.54) is 96.3 Å². The van der Waals surface area contributed by atoms with Gasteiger partial charge in [-0.3, -0.25) is 9.59 Å². The number of carbonyl (C=O) groups is 3. The van der Waals surface area contributed by atoms with E-state index in [0.29, 0.717) is 38.0 Å². The monoisotopic (exact) mass is 867 g/mol. The summed E-state index contributed by atoms with van der Waals surface area (Å²) in [5.74, 6) is 5.03. The maximum Gasteiger partial charge on any atom is 0.407 e. The molecular weight excluding hydrogens is 769 g/mol. The van der Waals surface area contributed by atoms with Crippen molar-refractivity contribution in [1.82, 2.24) is 15.5 Å². The van der Waals surface area contributed by atoms with Gasteiger partial charge in [0.2, 0.25) is 11.8 Å². The molecule has 4 N–H and O–H groups in total. The summed E-state index contributed by atoms with van der Waals surface area (Å²) in [6.45, 7) is 17.5. The van der Waals surface area contributed by atoms with Gasteiger partial charge >= 0.3 is 6.09 Å². The number of carbonyl (C=O) groups excluding carboxylic acids is 3. The van der Waals surface area contributed by atoms with Gasteiger partial charge in [-0.15, -0.1) is 0 Å². The molecule has 0 bridgehead atoms. The molecule has 0 aliphatic heterocycles. The molecule has 0 radical (unpaired) electrons. The lowest BCUT2D eigenvalue weighted by molar-refractivity contribution is -0.136. The first kappa shape index (κ1) is 52.5. The van der Waals surface area contributed by atoms with E-state index in [4.69, 9.17) is 10.5 Å². The molecule has 358 valence electrons. The van der Waals surface area contributed by atoms with E-state index in [9.17, 15) is 14.4 Å². The summed E-state index contributed by atoms with van der Waals surface area (Å²) < 4.78 is 6.06. The van der Waals surface area contributed by atoms with Crippen LogP contribution in [-0.4, -0.2) is 61.6 Å². The van der Waals surface area contributed by atoms with E-state index in [1.807, 2.05) is 0 Å². The SMILES string of the molecule is CCCCCCCCCCCC(=O)N(CCCCCCNC(=O)O[C@H]1CC[C@@]2(C)C(=CC[C@H]3[C@@H]4CC[C@H]([C@H](C)CCCC(C)C)[C@@]4(C)CC[C@@H]32)C1)CC(=O)NCCCCCCN. The topological polar surface area (TPSA) is 114 Å². The predicted molar refractivity (Wildman–Crippen MR) is 259 cm³/mol. The van der Waals surface area contributed by atoms with Crippen LogP contribution in [0.25, 0.3) is 0 Å². The molecule has 8 atom stereocenters. The molecule has 0 aromatic heterocycles. The highest BCUT2D eigenvalue weighted by atomic mass is 16.6. The average Bonchev–Trinajstić information content (AvgIpc) is 3.60. The van der Waals surface area contributed by atoms with E-state index in [0.717, 1.165) is 119 Å². The highest BCUT2D eigenvalue weighted by Crippen LogP contribution is 2.67. The zero-order valence-corrected chi connectivity index (χ0v) is 41.3. The first-order chi connectivity index (χ1) is 29.9. The summed E-state index contributed by atoms with van der Waals surface area (Å²) in [4.78, 5) is 40.9. The molecule has 0 unspecified atom stereocenters. The minimum atomic E-state index is -0.278. The number of nitrogens with one attached hydrogen (secondary N) is 2. The Hall–Kier alpha value is -2.09. The van der Waals surface area contributed by atoms with Gasteiger partial charge in [0, 0.05) is 32.5 Å². The summed E-state index contributed by atoms with van der Waals surface area (Å²) in [5, 5.41) is 6.08. The van der Waals surface area contributed by atoms with Crippen LogP contribution in [0.15, 0.2) is 11.6 Å². The largest absolute Gasteiger partial charge is 0.446 e. The van der Waals surface area contributed by atoms with Crippen LogP contribution in [0.4, 0.5) is 4.79 Å². The van der Waals surface area contributed by atoms with Crippen molar-refractivity contribution in [3.8, 4) is 0 Å². The fourth-order valence-corrected chi connectivity index (χ4v) is 13.0. The van der Waals surface area contributed by atoms with Gasteiger partial charge in [-0.05, 0) is 130 Å². The third-order valence-corrected chi connectivity index (χ3v) is 16.8. The lowest BCUT2D eigenvalue weighted by Gasteiger charge is -2.58. The molecule has 4 aliphatic rings. The Morgan fingerprint density at radius 2 is 1.42 bits per heavy atom. The highest BCUT2D eigenvalue weighted by molar-refractivity contribution is 5.84. The van der Waals surface area contributed by atoms with Crippen LogP contribution in [0, 0.1) is 46.3 Å². The molecule has 4 aliphatic carbocycles. The molecule has 8 heteroatoms. The number of nitrogens with two attached hydrogens (primary N) is 1. The van der Waals surface area contributed by atoms with Gasteiger partial charge in [0.1, 0.15) is 6.10 Å². The molecule has 0 heterocycles. The van der Waals surface area contributed by atoms with Crippen molar-refractivity contribution < 1.29 is 19.1 Å². The number of nitrogens with zero attached hydrogens (tertiary/aromatic N) is 1. The van der Waals surface area contributed by atoms with Crippen molar-refractivity contribution >= 4 is 17.9 Å². The maximum atomic E-state index is 13.3. The Morgan fingerprint density at radius 3 is 2.13 bits per heavy atom. The number of hydrogen-bond donors (Lipinski definition) is 3. The smallest absolute Gasteiger partial charge is 0.407 e. The van der Waals surface area contributed by atoms with Crippen molar-refractivity contribution in [2.24, 2.45) is 52.1 Å². The van der Waals surface area contributed by atoms with Gasteiger partial charge in [0.15, 0.2) is 0 Å². The zero-order valence-electron chi connectivity index (χ0n) is 41.3. The van der Waals surface area contributed by atoms with Gasteiger partial charge in [-0.2, -0.15) is 0 Å². The Kier molecular flexibility index (Phi) is 23.8. The molecule has 0 aromatic rings. The minimum Gasteiger partial charge on any atom is -0.446 e. The van der Waals surface area contributed by atoms with Crippen molar-refractivity contribution in [1.29, 1.82) is 0 Å². The van der Waals surface area contributed by atoms with E-state index in [-0.39, 0.29) is 36.0 Å². The standard InChI is InChI=1S/C54H98N4O4/c1-7-8-9-10-11-12-13-14-19-27-51(60)58(41-50(59)56-37-21-16-15-20-36-55)39-23-18-17-22-38-57-52(61)62-45-32-34-53(5)44(40-45)28-29-46-48-31-30-47(43(4)26-24-25-42(2)3)54(48,6)35-33-49(46)53/h28,42-43,45-49H,7-27,29-41,55H2,1-6H3,(H,56,59)(H,57,61)/t43-,45+,46+,47-,48+,49+,53+,54-/m1/s1. The summed E-state index contributed by atoms with van der Waals surface area (Å²) in [6, 6.07) is 0. The first-order valence-electron chi connectivity index (χ1n) is 26.8.